The number of likely N-dealkylation sites (N-methyl/N-ethyl adjacent to an activating group) is 1. The first-order valence-corrected chi connectivity index (χ1v) is 6.58. The van der Waals surface area contributed by atoms with Gasteiger partial charge in [0.15, 0.2) is 0 Å². The van der Waals surface area contributed by atoms with Crippen molar-refractivity contribution in [1.29, 1.82) is 0 Å². The van der Waals surface area contributed by atoms with E-state index < -0.39 is 11.6 Å². The Morgan fingerprint density at radius 3 is 2.84 bits per heavy atom. The molecular weight excluding hydrogens is 250 g/mol. The number of halogens is 2. The number of nitrogens with two attached hydrogens (primary N) is 1. The van der Waals surface area contributed by atoms with Crippen LogP contribution >= 0.6 is 0 Å². The maximum absolute atomic E-state index is 13.8. The Balaban J connectivity index is 2.09. The van der Waals surface area contributed by atoms with Gasteiger partial charge in [-0.25, -0.2) is 8.78 Å². The van der Waals surface area contributed by atoms with E-state index in [1.807, 2.05) is 11.9 Å². The molecule has 1 saturated heterocycles. The number of benzene rings is 1. The van der Waals surface area contributed by atoms with E-state index in [4.69, 9.17) is 10.5 Å². The van der Waals surface area contributed by atoms with Gasteiger partial charge in [0.25, 0.3) is 0 Å². The molecule has 5 heteroatoms. The fraction of sp³-hybridized carbons (Fsp3) is 0.571. The Morgan fingerprint density at radius 1 is 1.47 bits per heavy atom. The van der Waals surface area contributed by atoms with Gasteiger partial charge in [0.2, 0.25) is 0 Å². The molecule has 19 heavy (non-hydrogen) atoms. The van der Waals surface area contributed by atoms with Crippen molar-refractivity contribution in [3.05, 3.63) is 35.4 Å². The van der Waals surface area contributed by atoms with E-state index in [1.54, 1.807) is 0 Å². The molecule has 1 fully saturated rings. The molecule has 2 rings (SSSR count). The van der Waals surface area contributed by atoms with Crippen molar-refractivity contribution in [3.63, 3.8) is 0 Å². The van der Waals surface area contributed by atoms with Crippen molar-refractivity contribution < 1.29 is 13.5 Å². The molecule has 0 bridgehead atoms. The normalized spacial score (nSPS) is 21.0. The van der Waals surface area contributed by atoms with E-state index in [2.05, 4.69) is 0 Å². The minimum atomic E-state index is -0.571. The van der Waals surface area contributed by atoms with Gasteiger partial charge in [-0.3, -0.25) is 4.90 Å². The second kappa shape index (κ2) is 6.41. The zero-order chi connectivity index (χ0) is 13.8. The largest absolute Gasteiger partial charge is 0.377 e. The maximum Gasteiger partial charge on any atom is 0.130 e. The van der Waals surface area contributed by atoms with Crippen LogP contribution in [0.3, 0.4) is 0 Å². The first kappa shape index (κ1) is 14.4. The average Bonchev–Trinajstić information content (AvgIpc) is 2.85. The summed E-state index contributed by atoms with van der Waals surface area (Å²) in [6.45, 7) is 1.78. The molecule has 0 aromatic heterocycles. The highest BCUT2D eigenvalue weighted by Gasteiger charge is 2.24. The van der Waals surface area contributed by atoms with Crippen LogP contribution in [0.5, 0.6) is 0 Å². The van der Waals surface area contributed by atoms with E-state index in [0.717, 1.165) is 25.5 Å². The van der Waals surface area contributed by atoms with E-state index in [9.17, 15) is 8.78 Å². The quantitative estimate of drug-likeness (QED) is 0.890. The van der Waals surface area contributed by atoms with Gasteiger partial charge in [0.1, 0.15) is 11.6 Å². The fourth-order valence-corrected chi connectivity index (χ4v) is 2.55. The molecule has 0 spiro atoms. The molecular formula is C14H20F2N2O. The highest BCUT2D eigenvalue weighted by molar-refractivity contribution is 5.22. The highest BCUT2D eigenvalue weighted by atomic mass is 19.1. The van der Waals surface area contributed by atoms with Crippen LogP contribution in [-0.4, -0.2) is 37.7 Å². The van der Waals surface area contributed by atoms with Crippen molar-refractivity contribution in [2.45, 2.75) is 25.0 Å². The second-order valence-corrected chi connectivity index (χ2v) is 4.99. The smallest absolute Gasteiger partial charge is 0.130 e. The zero-order valence-corrected chi connectivity index (χ0v) is 11.1. The number of rotatable bonds is 5. The SMILES string of the molecule is CN(CC1CCCO1)C(CN)c1ccc(F)cc1F. The molecule has 2 atom stereocenters. The summed E-state index contributed by atoms with van der Waals surface area (Å²) in [5.74, 6) is -1.12. The van der Waals surface area contributed by atoms with Crippen LogP contribution in [0, 0.1) is 11.6 Å². The monoisotopic (exact) mass is 270 g/mol. The zero-order valence-electron chi connectivity index (χ0n) is 11.1. The van der Waals surface area contributed by atoms with Gasteiger partial charge in [0, 0.05) is 37.4 Å². The summed E-state index contributed by atoms with van der Waals surface area (Å²) in [4.78, 5) is 1.98. The third-order valence-electron chi connectivity index (χ3n) is 3.59. The van der Waals surface area contributed by atoms with Gasteiger partial charge in [-0.15, -0.1) is 0 Å². The molecule has 0 saturated carbocycles. The van der Waals surface area contributed by atoms with Crippen LogP contribution in [0.4, 0.5) is 8.78 Å². The Kier molecular flexibility index (Phi) is 4.85. The molecule has 1 aromatic rings. The van der Waals surface area contributed by atoms with Crippen LogP contribution in [0.15, 0.2) is 18.2 Å². The number of ether oxygens (including phenoxy) is 1. The van der Waals surface area contributed by atoms with Gasteiger partial charge in [-0.1, -0.05) is 6.07 Å². The summed E-state index contributed by atoms with van der Waals surface area (Å²) in [6.07, 6.45) is 2.27. The third-order valence-corrected chi connectivity index (χ3v) is 3.59. The summed E-state index contributed by atoms with van der Waals surface area (Å²) in [6, 6.07) is 3.37. The van der Waals surface area contributed by atoms with E-state index >= 15 is 0 Å². The van der Waals surface area contributed by atoms with Crippen molar-refractivity contribution >= 4 is 0 Å². The topological polar surface area (TPSA) is 38.5 Å². The average molecular weight is 270 g/mol. The van der Waals surface area contributed by atoms with Gasteiger partial charge >= 0.3 is 0 Å². The van der Waals surface area contributed by atoms with Crippen LogP contribution in [0.25, 0.3) is 0 Å². The van der Waals surface area contributed by atoms with Crippen LogP contribution in [0.1, 0.15) is 24.4 Å². The van der Waals surface area contributed by atoms with E-state index in [-0.39, 0.29) is 18.7 Å². The molecule has 0 aliphatic carbocycles. The van der Waals surface area contributed by atoms with Gasteiger partial charge in [-0.2, -0.15) is 0 Å². The minimum absolute atomic E-state index is 0.183. The summed E-state index contributed by atoms with van der Waals surface area (Å²) in [7, 11) is 1.89. The van der Waals surface area contributed by atoms with E-state index in [0.29, 0.717) is 12.1 Å². The molecule has 106 valence electrons. The number of hydrogen-bond donors (Lipinski definition) is 1. The summed E-state index contributed by atoms with van der Waals surface area (Å²) in [5, 5.41) is 0. The van der Waals surface area contributed by atoms with Crippen molar-refractivity contribution in [3.8, 4) is 0 Å². The standard InChI is InChI=1S/C14H20F2N2O/c1-18(9-11-3-2-6-19-11)14(8-17)12-5-4-10(15)7-13(12)16/h4-5,7,11,14H,2-3,6,8-9,17H2,1H3. The number of nitrogens with zero attached hydrogens (tertiary/aromatic N) is 1. The molecule has 1 aliphatic heterocycles. The molecule has 2 unspecified atom stereocenters. The molecule has 1 heterocycles. The molecule has 0 radical (unpaired) electrons. The highest BCUT2D eigenvalue weighted by Crippen LogP contribution is 2.24. The van der Waals surface area contributed by atoms with E-state index in [1.165, 1.54) is 12.1 Å². The first-order chi connectivity index (χ1) is 9.11. The molecule has 2 N–H and O–H groups in total. The minimum Gasteiger partial charge on any atom is -0.377 e. The predicted octanol–water partition coefficient (Wildman–Crippen LogP) is 2.08. The summed E-state index contributed by atoms with van der Waals surface area (Å²) in [5.41, 5.74) is 6.18. The molecule has 1 aromatic carbocycles. The summed E-state index contributed by atoms with van der Waals surface area (Å²) < 4.78 is 32.3. The third kappa shape index (κ3) is 3.49. The lowest BCUT2D eigenvalue weighted by Crippen LogP contribution is -2.36. The van der Waals surface area contributed by atoms with Gasteiger partial charge in [0.05, 0.1) is 6.10 Å². The van der Waals surface area contributed by atoms with Crippen molar-refractivity contribution in [2.24, 2.45) is 5.73 Å². The predicted molar refractivity (Wildman–Crippen MR) is 69.8 cm³/mol. The molecule has 1 aliphatic rings. The first-order valence-electron chi connectivity index (χ1n) is 6.58. The van der Waals surface area contributed by atoms with Gasteiger partial charge in [-0.05, 0) is 26.0 Å². The van der Waals surface area contributed by atoms with Crippen molar-refractivity contribution in [2.75, 3.05) is 26.7 Å². The Hall–Kier alpha value is -1.04. The van der Waals surface area contributed by atoms with Crippen LogP contribution in [0.2, 0.25) is 0 Å². The fourth-order valence-electron chi connectivity index (χ4n) is 2.55. The van der Waals surface area contributed by atoms with Gasteiger partial charge < -0.3 is 10.5 Å². The van der Waals surface area contributed by atoms with Crippen molar-refractivity contribution in [1.82, 2.24) is 4.90 Å². The maximum atomic E-state index is 13.8. The summed E-state index contributed by atoms with van der Waals surface area (Å²) >= 11 is 0. The lowest BCUT2D eigenvalue weighted by molar-refractivity contribution is 0.0684. The Labute approximate surface area is 112 Å². The molecule has 0 amide bonds. The second-order valence-electron chi connectivity index (χ2n) is 4.99. The van der Waals surface area contributed by atoms with Crippen LogP contribution in [-0.2, 0) is 4.74 Å². The number of hydrogen-bond acceptors (Lipinski definition) is 3. The Bertz CT molecular complexity index is 422. The lowest BCUT2D eigenvalue weighted by atomic mass is 10.0. The Morgan fingerprint density at radius 2 is 2.26 bits per heavy atom. The van der Waals surface area contributed by atoms with Crippen LogP contribution < -0.4 is 5.73 Å². The lowest BCUT2D eigenvalue weighted by Gasteiger charge is -2.29. The molecule has 3 nitrogen and oxygen atoms in total.